The number of nitrogens with zero attached hydrogens (tertiary/aromatic N) is 3. The van der Waals surface area contributed by atoms with Gasteiger partial charge < -0.3 is 4.74 Å². The zero-order valence-electron chi connectivity index (χ0n) is 23.9. The molecule has 5 nitrogen and oxygen atoms in total. The minimum Gasteiger partial charge on any atom is -0.360 e. The Kier molecular flexibility index (Phi) is 7.71. The monoisotopic (exact) mass is 571 g/mol. The first-order chi connectivity index (χ1) is 18.9. The standard InChI is InChI=1S/C33H34ClN3O2S/c1-19(2)37-18-25(17-35-37)23-9-8-10-24(16-23)32-36-27-15-20(3)28(30(21(4)38)39-33(5,6)7)29(31(27)40-32)22-11-13-26(34)14-12-22/h8-19,30H,1-7H3/t30-/m1/s1. The fourth-order valence-electron chi connectivity index (χ4n) is 4.88. The van der Waals surface area contributed by atoms with E-state index < -0.39 is 11.7 Å². The largest absolute Gasteiger partial charge is 0.360 e. The number of carbonyl (C=O) groups is 1. The fourth-order valence-corrected chi connectivity index (χ4v) is 6.12. The lowest BCUT2D eigenvalue weighted by atomic mass is 9.90. The number of fused-ring (bicyclic) bond motifs is 1. The van der Waals surface area contributed by atoms with Gasteiger partial charge in [-0.15, -0.1) is 11.3 Å². The van der Waals surface area contributed by atoms with Gasteiger partial charge in [0.05, 0.1) is 22.0 Å². The Morgan fingerprint density at radius 1 is 1.00 bits per heavy atom. The number of rotatable bonds is 7. The van der Waals surface area contributed by atoms with Crippen molar-refractivity contribution in [3.63, 3.8) is 0 Å². The van der Waals surface area contributed by atoms with Crippen molar-refractivity contribution in [3.8, 4) is 32.8 Å². The molecule has 0 aliphatic rings. The van der Waals surface area contributed by atoms with Crippen LogP contribution in [-0.2, 0) is 9.53 Å². The van der Waals surface area contributed by atoms with Crippen LogP contribution in [-0.4, -0.2) is 26.1 Å². The summed E-state index contributed by atoms with van der Waals surface area (Å²) >= 11 is 7.89. The van der Waals surface area contributed by atoms with Crippen LogP contribution in [0.25, 0.3) is 43.0 Å². The van der Waals surface area contributed by atoms with Crippen LogP contribution in [0.2, 0.25) is 5.02 Å². The Labute approximate surface area is 244 Å². The number of halogens is 1. The van der Waals surface area contributed by atoms with Crippen LogP contribution in [0.4, 0.5) is 0 Å². The summed E-state index contributed by atoms with van der Waals surface area (Å²) in [5.41, 5.74) is 7.37. The van der Waals surface area contributed by atoms with Crippen molar-refractivity contribution in [1.82, 2.24) is 14.8 Å². The molecule has 0 aliphatic heterocycles. The van der Waals surface area contributed by atoms with E-state index in [9.17, 15) is 4.79 Å². The van der Waals surface area contributed by atoms with Gasteiger partial charge in [-0.2, -0.15) is 5.10 Å². The molecular formula is C33H34ClN3O2S. The fraction of sp³-hybridized carbons (Fsp3) is 0.303. The highest BCUT2D eigenvalue weighted by Gasteiger charge is 2.30. The van der Waals surface area contributed by atoms with Crippen LogP contribution in [0.3, 0.4) is 0 Å². The maximum atomic E-state index is 13.0. The molecule has 0 spiro atoms. The summed E-state index contributed by atoms with van der Waals surface area (Å²) in [6, 6.07) is 18.5. The molecule has 0 saturated heterocycles. The average molecular weight is 572 g/mol. The summed E-state index contributed by atoms with van der Waals surface area (Å²) in [5, 5.41) is 6.08. The molecule has 0 radical (unpaired) electrons. The first-order valence-electron chi connectivity index (χ1n) is 13.4. The highest BCUT2D eigenvalue weighted by molar-refractivity contribution is 7.22. The predicted molar refractivity (Wildman–Crippen MR) is 166 cm³/mol. The van der Waals surface area contributed by atoms with Crippen LogP contribution < -0.4 is 0 Å². The van der Waals surface area contributed by atoms with E-state index in [0.29, 0.717) is 11.1 Å². The molecule has 5 aromatic rings. The number of ketones is 1. The molecule has 0 fully saturated rings. The first-order valence-corrected chi connectivity index (χ1v) is 14.6. The molecule has 206 valence electrons. The van der Waals surface area contributed by atoms with Crippen molar-refractivity contribution in [1.29, 1.82) is 0 Å². The van der Waals surface area contributed by atoms with Crippen molar-refractivity contribution < 1.29 is 9.53 Å². The first kappa shape index (κ1) is 28.2. The summed E-state index contributed by atoms with van der Waals surface area (Å²) in [6.45, 7) is 13.8. The maximum Gasteiger partial charge on any atom is 0.163 e. The van der Waals surface area contributed by atoms with E-state index in [1.807, 2.05) is 62.8 Å². The Hall–Kier alpha value is -3.32. The van der Waals surface area contributed by atoms with Crippen LogP contribution >= 0.6 is 22.9 Å². The smallest absolute Gasteiger partial charge is 0.163 e. The van der Waals surface area contributed by atoms with Gasteiger partial charge in [-0.25, -0.2) is 4.98 Å². The van der Waals surface area contributed by atoms with Crippen molar-refractivity contribution in [2.45, 2.75) is 66.2 Å². The molecule has 2 aromatic heterocycles. The van der Waals surface area contributed by atoms with Crippen molar-refractivity contribution in [3.05, 3.63) is 83.1 Å². The van der Waals surface area contributed by atoms with Gasteiger partial charge in [0.25, 0.3) is 0 Å². The number of aryl methyl sites for hydroxylation is 1. The highest BCUT2D eigenvalue weighted by atomic mass is 35.5. The van der Waals surface area contributed by atoms with Crippen LogP contribution in [0, 0.1) is 6.92 Å². The number of ether oxygens (including phenoxy) is 1. The molecule has 0 amide bonds. The van der Waals surface area contributed by atoms with E-state index in [4.69, 9.17) is 21.3 Å². The summed E-state index contributed by atoms with van der Waals surface area (Å²) < 4.78 is 9.36. The number of thiazole rings is 1. The number of Topliss-reactive ketones (excluding diaryl/α,β-unsaturated/α-hetero) is 1. The normalized spacial score (nSPS) is 12.8. The van der Waals surface area contributed by atoms with Gasteiger partial charge in [-0.1, -0.05) is 41.9 Å². The van der Waals surface area contributed by atoms with Crippen molar-refractivity contribution in [2.24, 2.45) is 0 Å². The van der Waals surface area contributed by atoms with Gasteiger partial charge in [0.1, 0.15) is 11.1 Å². The maximum absolute atomic E-state index is 13.0. The van der Waals surface area contributed by atoms with Gasteiger partial charge >= 0.3 is 0 Å². The molecule has 7 heteroatoms. The zero-order valence-corrected chi connectivity index (χ0v) is 25.5. The SMILES string of the molecule is CC(=O)[C@@H](OC(C)(C)C)c1c(C)cc2nc(-c3cccc(-c4cnn(C(C)C)c4)c3)sc2c1-c1ccc(Cl)cc1. The quantitative estimate of drug-likeness (QED) is 0.195. The zero-order chi connectivity index (χ0) is 28.8. The topological polar surface area (TPSA) is 57.0 Å². The van der Waals surface area contributed by atoms with Crippen molar-refractivity contribution >= 4 is 38.9 Å². The van der Waals surface area contributed by atoms with Gasteiger partial charge in [0, 0.05) is 39.5 Å². The number of aromatic nitrogens is 3. The molecule has 1 atom stereocenters. The minimum absolute atomic E-state index is 0.0352. The molecule has 0 bridgehead atoms. The summed E-state index contributed by atoms with van der Waals surface area (Å²) in [4.78, 5) is 18.1. The third-order valence-corrected chi connectivity index (χ3v) is 8.13. The highest BCUT2D eigenvalue weighted by Crippen LogP contribution is 2.44. The van der Waals surface area contributed by atoms with E-state index in [0.717, 1.165) is 54.2 Å². The lowest BCUT2D eigenvalue weighted by molar-refractivity contribution is -0.138. The Morgan fingerprint density at radius 2 is 1.70 bits per heavy atom. The van der Waals surface area contributed by atoms with E-state index in [1.165, 1.54) is 0 Å². The van der Waals surface area contributed by atoms with E-state index in [1.54, 1.807) is 18.3 Å². The second-order valence-corrected chi connectivity index (χ2v) is 12.9. The third-order valence-electron chi connectivity index (χ3n) is 6.74. The lowest BCUT2D eigenvalue weighted by Gasteiger charge is -2.29. The minimum atomic E-state index is -0.707. The Balaban J connectivity index is 1.71. The summed E-state index contributed by atoms with van der Waals surface area (Å²) in [7, 11) is 0. The second kappa shape index (κ2) is 10.9. The molecular weight excluding hydrogens is 538 g/mol. The van der Waals surface area contributed by atoms with Crippen LogP contribution in [0.15, 0.2) is 67.0 Å². The third kappa shape index (κ3) is 5.75. The van der Waals surface area contributed by atoms with Crippen molar-refractivity contribution in [2.75, 3.05) is 0 Å². The average Bonchev–Trinajstić information content (AvgIpc) is 3.55. The Morgan fingerprint density at radius 3 is 2.33 bits per heavy atom. The van der Waals surface area contributed by atoms with Gasteiger partial charge in [-0.3, -0.25) is 9.48 Å². The molecule has 3 aromatic carbocycles. The molecule has 40 heavy (non-hydrogen) atoms. The second-order valence-electron chi connectivity index (χ2n) is 11.5. The van der Waals surface area contributed by atoms with Gasteiger partial charge in [0.2, 0.25) is 0 Å². The molecule has 2 heterocycles. The van der Waals surface area contributed by atoms with Gasteiger partial charge in [0.15, 0.2) is 5.78 Å². The van der Waals surface area contributed by atoms with Crippen LogP contribution in [0.5, 0.6) is 0 Å². The Bertz CT molecular complexity index is 1690. The summed E-state index contributed by atoms with van der Waals surface area (Å²) in [5.74, 6) is -0.0352. The number of hydrogen-bond acceptors (Lipinski definition) is 5. The van der Waals surface area contributed by atoms with E-state index in [2.05, 4.69) is 55.5 Å². The molecule has 0 aliphatic carbocycles. The van der Waals surface area contributed by atoms with E-state index >= 15 is 0 Å². The van der Waals surface area contributed by atoms with E-state index in [-0.39, 0.29) is 5.78 Å². The molecule has 5 rings (SSSR count). The van der Waals surface area contributed by atoms with Crippen LogP contribution in [0.1, 0.15) is 64.8 Å². The molecule has 0 saturated carbocycles. The lowest BCUT2D eigenvalue weighted by Crippen LogP contribution is -2.27. The van der Waals surface area contributed by atoms with Gasteiger partial charge in [-0.05, 0) is 89.4 Å². The molecule has 0 N–H and O–H groups in total. The molecule has 0 unspecified atom stereocenters. The number of carbonyl (C=O) groups excluding carboxylic acids is 1. The predicted octanol–water partition coefficient (Wildman–Crippen LogP) is 9.48. The summed E-state index contributed by atoms with van der Waals surface area (Å²) in [6.07, 6.45) is 3.28. The number of hydrogen-bond donors (Lipinski definition) is 0. The number of benzene rings is 3.